The van der Waals surface area contributed by atoms with Gasteiger partial charge < -0.3 is 24.9 Å². The third-order valence-corrected chi connectivity index (χ3v) is 7.74. The molecule has 15 heteroatoms. The number of fused-ring (bicyclic) bond motifs is 3. The Morgan fingerprint density at radius 1 is 1.27 bits per heavy atom. The lowest BCUT2D eigenvalue weighted by Crippen LogP contribution is -2.39. The van der Waals surface area contributed by atoms with Crippen LogP contribution in [0.15, 0.2) is 46.1 Å². The number of ether oxygens (including phenoxy) is 1. The molecule has 1 unspecified atom stereocenters. The number of nitrogen functional groups attached to an aromatic ring is 1. The van der Waals surface area contributed by atoms with Crippen molar-refractivity contribution in [1.82, 2.24) is 19.5 Å². The van der Waals surface area contributed by atoms with Crippen LogP contribution in [0.2, 0.25) is 0 Å². The van der Waals surface area contributed by atoms with Crippen LogP contribution in [0.3, 0.4) is 0 Å². The van der Waals surface area contributed by atoms with Gasteiger partial charge in [-0.15, -0.1) is 0 Å². The fraction of sp³-hybridized carbons (Fsp3) is 0.364. The SMILES string of the molecule is CN(C)c1ccc2c(COP3(=O)OC[C@H]4O[C@@H](n5cnc6c(N)ncnc65)[C@H](O)[C@@H]4O3)cc(=O)oc2c1. The van der Waals surface area contributed by atoms with E-state index in [1.54, 1.807) is 12.1 Å². The summed E-state index contributed by atoms with van der Waals surface area (Å²) in [6.45, 7) is -0.399. The van der Waals surface area contributed by atoms with E-state index in [4.69, 9.17) is 28.5 Å². The summed E-state index contributed by atoms with van der Waals surface area (Å²) in [5, 5.41) is 11.6. The van der Waals surface area contributed by atoms with Gasteiger partial charge in [0.25, 0.3) is 0 Å². The summed E-state index contributed by atoms with van der Waals surface area (Å²) in [6, 6.07) is 6.63. The summed E-state index contributed by atoms with van der Waals surface area (Å²) in [7, 11) is -0.379. The van der Waals surface area contributed by atoms with Crippen molar-refractivity contribution in [3.8, 4) is 0 Å². The van der Waals surface area contributed by atoms with Crippen molar-refractivity contribution in [1.29, 1.82) is 0 Å². The lowest BCUT2D eigenvalue weighted by atomic mass is 10.1. The van der Waals surface area contributed by atoms with Crippen LogP contribution in [0.1, 0.15) is 11.8 Å². The molecule has 14 nitrogen and oxygen atoms in total. The summed E-state index contributed by atoms with van der Waals surface area (Å²) >= 11 is 0. The molecule has 3 aromatic heterocycles. The summed E-state index contributed by atoms with van der Waals surface area (Å²) in [5.41, 5.74) is 7.64. The first-order valence-corrected chi connectivity index (χ1v) is 12.8. The van der Waals surface area contributed by atoms with E-state index in [2.05, 4.69) is 15.0 Å². The molecule has 2 aliphatic heterocycles. The summed E-state index contributed by atoms with van der Waals surface area (Å²) in [6.07, 6.45) is -1.23. The molecular formula is C22H23N6O8P. The van der Waals surface area contributed by atoms with Crippen molar-refractivity contribution in [3.05, 3.63) is 52.9 Å². The number of benzene rings is 1. The number of phosphoric ester groups is 1. The van der Waals surface area contributed by atoms with E-state index in [0.717, 1.165) is 5.69 Å². The van der Waals surface area contributed by atoms with Gasteiger partial charge in [-0.05, 0) is 17.7 Å². The van der Waals surface area contributed by atoms with Crippen LogP contribution in [0.5, 0.6) is 0 Å². The van der Waals surface area contributed by atoms with Crippen molar-refractivity contribution >= 4 is 41.5 Å². The molecule has 0 aliphatic carbocycles. The number of nitrogens with zero attached hydrogens (tertiary/aromatic N) is 5. The molecule has 2 saturated heterocycles. The predicted octanol–water partition coefficient (Wildman–Crippen LogP) is 1.58. The van der Waals surface area contributed by atoms with E-state index in [0.29, 0.717) is 27.7 Å². The fourth-order valence-electron chi connectivity index (χ4n) is 4.45. The molecule has 1 aromatic carbocycles. The van der Waals surface area contributed by atoms with Crippen LogP contribution in [0.4, 0.5) is 11.5 Å². The Hall–Kier alpha value is -3.39. The van der Waals surface area contributed by atoms with Crippen LogP contribution < -0.4 is 16.3 Å². The average molecular weight is 530 g/mol. The van der Waals surface area contributed by atoms with E-state index in [1.807, 2.05) is 25.1 Å². The Kier molecular flexibility index (Phi) is 5.75. The third kappa shape index (κ3) is 4.17. The molecule has 3 N–H and O–H groups in total. The normalized spacial score (nSPS) is 27.5. The molecule has 0 radical (unpaired) electrons. The van der Waals surface area contributed by atoms with Crippen molar-refractivity contribution in [2.24, 2.45) is 0 Å². The predicted molar refractivity (Wildman–Crippen MR) is 130 cm³/mol. The van der Waals surface area contributed by atoms with Gasteiger partial charge in [0.2, 0.25) is 0 Å². The number of aromatic nitrogens is 4. The van der Waals surface area contributed by atoms with Crippen LogP contribution in [0.25, 0.3) is 22.1 Å². The number of aliphatic hydroxyl groups is 1. The largest absolute Gasteiger partial charge is 0.475 e. The zero-order chi connectivity index (χ0) is 25.9. The number of rotatable bonds is 5. The molecule has 37 heavy (non-hydrogen) atoms. The Morgan fingerprint density at radius 3 is 2.92 bits per heavy atom. The Labute approximate surface area is 209 Å². The van der Waals surface area contributed by atoms with Gasteiger partial charge >= 0.3 is 13.4 Å². The second kappa shape index (κ2) is 8.87. The van der Waals surface area contributed by atoms with E-state index in [1.165, 1.54) is 23.3 Å². The number of hydrogen-bond acceptors (Lipinski definition) is 13. The first-order chi connectivity index (χ1) is 17.7. The van der Waals surface area contributed by atoms with Crippen molar-refractivity contribution in [3.63, 3.8) is 0 Å². The number of nitrogens with two attached hydrogens (primary N) is 1. The van der Waals surface area contributed by atoms with Crippen molar-refractivity contribution in [2.45, 2.75) is 31.1 Å². The van der Waals surface area contributed by atoms with Gasteiger partial charge in [-0.1, -0.05) is 0 Å². The lowest BCUT2D eigenvalue weighted by Gasteiger charge is -2.30. The van der Waals surface area contributed by atoms with Crippen molar-refractivity contribution < 1.29 is 32.4 Å². The maximum absolute atomic E-state index is 13.3. The lowest BCUT2D eigenvalue weighted by molar-refractivity contribution is -0.0714. The zero-order valence-corrected chi connectivity index (χ0v) is 20.6. The Bertz CT molecular complexity index is 1610. The third-order valence-electron chi connectivity index (χ3n) is 6.33. The number of anilines is 2. The summed E-state index contributed by atoms with van der Waals surface area (Å²) in [5.74, 6) is 0.187. The van der Waals surface area contributed by atoms with Crippen LogP contribution in [-0.4, -0.2) is 63.6 Å². The second-order valence-electron chi connectivity index (χ2n) is 8.89. The van der Waals surface area contributed by atoms with E-state index in [9.17, 15) is 14.5 Å². The molecule has 0 saturated carbocycles. The number of imidazole rings is 1. The monoisotopic (exact) mass is 530 g/mol. The van der Waals surface area contributed by atoms with Crippen LogP contribution in [-0.2, 0) is 29.5 Å². The highest BCUT2D eigenvalue weighted by atomic mass is 31.2. The fourth-order valence-corrected chi connectivity index (χ4v) is 5.83. The first-order valence-electron chi connectivity index (χ1n) is 11.3. The molecule has 5 atom stereocenters. The van der Waals surface area contributed by atoms with Gasteiger partial charge in [0.1, 0.15) is 35.7 Å². The molecule has 0 spiro atoms. The minimum Gasteiger partial charge on any atom is -0.423 e. The van der Waals surface area contributed by atoms with Gasteiger partial charge in [-0.3, -0.25) is 18.1 Å². The Balaban J connectivity index is 1.21. The molecule has 5 heterocycles. The smallest absolute Gasteiger partial charge is 0.423 e. The highest BCUT2D eigenvalue weighted by Crippen LogP contribution is 2.57. The molecule has 4 aromatic rings. The molecule has 6 rings (SSSR count). The van der Waals surface area contributed by atoms with Gasteiger partial charge in [-0.25, -0.2) is 24.3 Å². The molecule has 2 fully saturated rings. The topological polar surface area (TPSA) is 177 Å². The molecular weight excluding hydrogens is 507 g/mol. The quantitative estimate of drug-likeness (QED) is 0.281. The summed E-state index contributed by atoms with van der Waals surface area (Å²) in [4.78, 5) is 26.3. The standard InChI is InChI=1S/C22H23N6O8P/c1-27(2)12-3-4-13-11(5-16(29)34-14(13)6-12)7-32-37(31)33-8-15-19(36-37)18(30)22(35-15)28-10-26-17-20(23)24-9-25-21(17)28/h3-6,9-10,15,18-19,22,30H,7-8H2,1-2H3,(H2,23,24,25)/t15-,18-,19-,22-,37?/m1/s1. The highest BCUT2D eigenvalue weighted by molar-refractivity contribution is 7.48. The molecule has 194 valence electrons. The molecule has 0 bridgehead atoms. The van der Waals surface area contributed by atoms with Gasteiger partial charge in [0.15, 0.2) is 17.7 Å². The van der Waals surface area contributed by atoms with Crippen LogP contribution in [0, 0.1) is 0 Å². The minimum atomic E-state index is -4.12. The second-order valence-corrected chi connectivity index (χ2v) is 10.5. The van der Waals surface area contributed by atoms with Crippen molar-refractivity contribution in [2.75, 3.05) is 31.3 Å². The number of hydrogen-bond donors (Lipinski definition) is 2. The zero-order valence-electron chi connectivity index (χ0n) is 19.8. The highest BCUT2D eigenvalue weighted by Gasteiger charge is 2.53. The number of phosphoric acid groups is 1. The van der Waals surface area contributed by atoms with Crippen LogP contribution >= 0.6 is 7.82 Å². The van der Waals surface area contributed by atoms with E-state index in [-0.39, 0.29) is 19.0 Å². The Morgan fingerprint density at radius 2 is 2.11 bits per heavy atom. The van der Waals surface area contributed by atoms with E-state index < -0.39 is 38.0 Å². The minimum absolute atomic E-state index is 0.150. The van der Waals surface area contributed by atoms with Gasteiger partial charge in [-0.2, -0.15) is 0 Å². The molecule has 2 aliphatic rings. The van der Waals surface area contributed by atoms with Gasteiger partial charge in [0, 0.05) is 37.3 Å². The van der Waals surface area contributed by atoms with Gasteiger partial charge in [0.05, 0.1) is 19.5 Å². The summed E-state index contributed by atoms with van der Waals surface area (Å²) < 4.78 is 42.7. The first kappa shape index (κ1) is 24.0. The number of aliphatic hydroxyl groups excluding tert-OH is 1. The maximum atomic E-state index is 13.3. The van der Waals surface area contributed by atoms with E-state index >= 15 is 0 Å². The maximum Gasteiger partial charge on any atom is 0.475 e. The average Bonchev–Trinajstić information content (AvgIpc) is 3.44. The molecule has 0 amide bonds.